The molecule has 0 fully saturated rings. The van der Waals surface area contributed by atoms with Gasteiger partial charge in [0.05, 0.1) is 12.5 Å². The number of hydrogen-bond acceptors (Lipinski definition) is 4. The molecule has 0 saturated heterocycles. The lowest BCUT2D eigenvalue weighted by Gasteiger charge is -2.11. The molecule has 6 heteroatoms. The molecule has 6 nitrogen and oxygen atoms in total. The van der Waals surface area contributed by atoms with Crippen molar-refractivity contribution in [3.05, 3.63) is 12.2 Å². The van der Waals surface area contributed by atoms with Crippen LogP contribution in [0.4, 0.5) is 0 Å². The van der Waals surface area contributed by atoms with Crippen molar-refractivity contribution in [3.63, 3.8) is 0 Å². The zero-order chi connectivity index (χ0) is 14.8. The Morgan fingerprint density at radius 2 is 1.68 bits per heavy atom. The van der Waals surface area contributed by atoms with E-state index < -0.39 is 17.9 Å². The standard InChI is InChI=1S/C13H20O6/c1-9(12(15)16)11(13(17)18)7-5-3-4-6-8-19-10(2)14/h11H,1,3-8H2,2H3,(H,15,16)(H,17,18)/t11-/m0/s1. The largest absolute Gasteiger partial charge is 0.481 e. The van der Waals surface area contributed by atoms with Crippen LogP contribution in [0.2, 0.25) is 0 Å². The third-order valence-corrected chi connectivity index (χ3v) is 2.69. The fraction of sp³-hybridized carbons (Fsp3) is 0.615. The highest BCUT2D eigenvalue weighted by atomic mass is 16.5. The maximum atomic E-state index is 10.9. The number of ether oxygens (including phenoxy) is 1. The highest BCUT2D eigenvalue weighted by molar-refractivity contribution is 5.93. The maximum absolute atomic E-state index is 10.9. The van der Waals surface area contributed by atoms with Crippen molar-refractivity contribution in [2.45, 2.75) is 39.0 Å². The van der Waals surface area contributed by atoms with Crippen molar-refractivity contribution in [1.29, 1.82) is 0 Å². The summed E-state index contributed by atoms with van der Waals surface area (Å²) in [6.07, 6.45) is 3.14. The maximum Gasteiger partial charge on any atom is 0.331 e. The summed E-state index contributed by atoms with van der Waals surface area (Å²) in [5.74, 6) is -3.79. The highest BCUT2D eigenvalue weighted by Gasteiger charge is 2.24. The van der Waals surface area contributed by atoms with Crippen molar-refractivity contribution in [1.82, 2.24) is 0 Å². The van der Waals surface area contributed by atoms with Crippen LogP contribution < -0.4 is 0 Å². The fourth-order valence-corrected chi connectivity index (χ4v) is 1.62. The summed E-state index contributed by atoms with van der Waals surface area (Å²) in [5.41, 5.74) is -0.285. The van der Waals surface area contributed by atoms with E-state index >= 15 is 0 Å². The number of carbonyl (C=O) groups is 3. The van der Waals surface area contributed by atoms with Gasteiger partial charge in [0.1, 0.15) is 0 Å². The van der Waals surface area contributed by atoms with Crippen molar-refractivity contribution >= 4 is 17.9 Å². The molecule has 19 heavy (non-hydrogen) atoms. The van der Waals surface area contributed by atoms with Crippen LogP contribution in [0.25, 0.3) is 0 Å². The highest BCUT2D eigenvalue weighted by Crippen LogP contribution is 2.18. The third-order valence-electron chi connectivity index (χ3n) is 2.69. The van der Waals surface area contributed by atoms with Gasteiger partial charge in [-0.15, -0.1) is 0 Å². The molecule has 0 spiro atoms. The van der Waals surface area contributed by atoms with Gasteiger partial charge in [0.2, 0.25) is 0 Å². The van der Waals surface area contributed by atoms with E-state index in [9.17, 15) is 14.4 Å². The molecule has 0 radical (unpaired) electrons. The van der Waals surface area contributed by atoms with E-state index in [1.807, 2.05) is 0 Å². The molecule has 0 aromatic carbocycles. The third kappa shape index (κ3) is 7.96. The molecule has 2 N–H and O–H groups in total. The number of esters is 1. The van der Waals surface area contributed by atoms with E-state index in [1.165, 1.54) is 6.92 Å². The molecule has 0 aliphatic rings. The van der Waals surface area contributed by atoms with Crippen LogP contribution in [-0.4, -0.2) is 34.7 Å². The SMILES string of the molecule is C=C(C(=O)O)[C@H](CCCCCCOC(C)=O)C(=O)O. The van der Waals surface area contributed by atoms with Crippen molar-refractivity contribution in [2.24, 2.45) is 5.92 Å². The van der Waals surface area contributed by atoms with Gasteiger partial charge in [-0.25, -0.2) is 4.79 Å². The molecule has 0 amide bonds. The van der Waals surface area contributed by atoms with Crippen LogP contribution in [-0.2, 0) is 19.1 Å². The van der Waals surface area contributed by atoms with Crippen molar-refractivity contribution < 1.29 is 29.3 Å². The molecule has 0 unspecified atom stereocenters. The minimum atomic E-state index is -1.28. The summed E-state index contributed by atoms with van der Waals surface area (Å²) in [7, 11) is 0. The predicted octanol–water partition coefficient (Wildman–Crippen LogP) is 1.84. The summed E-state index contributed by atoms with van der Waals surface area (Å²) < 4.78 is 4.75. The predicted molar refractivity (Wildman–Crippen MR) is 67.6 cm³/mol. The monoisotopic (exact) mass is 272 g/mol. The lowest BCUT2D eigenvalue weighted by Crippen LogP contribution is -2.20. The molecule has 108 valence electrons. The first-order valence-electron chi connectivity index (χ1n) is 6.14. The lowest BCUT2D eigenvalue weighted by atomic mass is 9.94. The van der Waals surface area contributed by atoms with E-state index in [1.54, 1.807) is 0 Å². The molecular weight excluding hydrogens is 252 g/mol. The summed E-state index contributed by atoms with van der Waals surface area (Å²) >= 11 is 0. The summed E-state index contributed by atoms with van der Waals surface area (Å²) in [4.78, 5) is 32.1. The number of aliphatic carboxylic acids is 2. The van der Waals surface area contributed by atoms with Gasteiger partial charge in [0.15, 0.2) is 0 Å². The first-order valence-corrected chi connectivity index (χ1v) is 6.14. The van der Waals surface area contributed by atoms with Crippen LogP contribution in [0, 0.1) is 5.92 Å². The quantitative estimate of drug-likeness (QED) is 0.357. The molecule has 0 heterocycles. The number of carboxylic acids is 2. The van der Waals surface area contributed by atoms with E-state index in [2.05, 4.69) is 6.58 Å². The van der Waals surface area contributed by atoms with E-state index in [-0.39, 0.29) is 18.0 Å². The Morgan fingerprint density at radius 3 is 2.16 bits per heavy atom. The minimum absolute atomic E-state index is 0.258. The van der Waals surface area contributed by atoms with Crippen molar-refractivity contribution in [3.8, 4) is 0 Å². The first-order chi connectivity index (χ1) is 8.86. The second-order valence-electron chi connectivity index (χ2n) is 4.26. The number of rotatable bonds is 10. The van der Waals surface area contributed by atoms with Gasteiger partial charge in [0.25, 0.3) is 0 Å². The Kier molecular flexibility index (Phi) is 8.24. The molecule has 0 bridgehead atoms. The molecule has 0 aromatic rings. The second kappa shape index (κ2) is 9.13. The van der Waals surface area contributed by atoms with Crippen LogP contribution in [0.5, 0.6) is 0 Å². The van der Waals surface area contributed by atoms with Gasteiger partial charge in [-0.1, -0.05) is 25.8 Å². The molecule has 0 aromatic heterocycles. The van der Waals surface area contributed by atoms with Crippen molar-refractivity contribution in [2.75, 3.05) is 6.61 Å². The zero-order valence-corrected chi connectivity index (χ0v) is 11.1. The number of carboxylic acid groups (broad SMARTS) is 2. The summed E-state index contributed by atoms with van der Waals surface area (Å²) in [5, 5.41) is 17.6. The Labute approximate surface area is 112 Å². The fourth-order valence-electron chi connectivity index (χ4n) is 1.62. The summed E-state index contributed by atoms with van der Waals surface area (Å²) in [6, 6.07) is 0. The van der Waals surface area contributed by atoms with Crippen LogP contribution in [0.3, 0.4) is 0 Å². The molecular formula is C13H20O6. The smallest absolute Gasteiger partial charge is 0.331 e. The molecule has 0 saturated carbocycles. The van der Waals surface area contributed by atoms with Gasteiger partial charge in [-0.3, -0.25) is 9.59 Å². The Bertz CT molecular complexity index is 347. The molecule has 0 aliphatic carbocycles. The first kappa shape index (κ1) is 17.2. The lowest BCUT2D eigenvalue weighted by molar-refractivity contribution is -0.144. The van der Waals surface area contributed by atoms with Gasteiger partial charge in [-0.05, 0) is 12.8 Å². The average molecular weight is 272 g/mol. The van der Waals surface area contributed by atoms with Gasteiger partial charge in [-0.2, -0.15) is 0 Å². The number of carbonyl (C=O) groups excluding carboxylic acids is 1. The zero-order valence-electron chi connectivity index (χ0n) is 11.1. The number of unbranched alkanes of at least 4 members (excludes halogenated alkanes) is 3. The summed E-state index contributed by atoms with van der Waals surface area (Å²) in [6.45, 7) is 4.99. The molecule has 0 aliphatic heterocycles. The molecule has 0 rings (SSSR count). The van der Waals surface area contributed by atoms with Gasteiger partial charge < -0.3 is 14.9 Å². The second-order valence-corrected chi connectivity index (χ2v) is 4.26. The average Bonchev–Trinajstić information content (AvgIpc) is 2.30. The normalized spacial score (nSPS) is 11.6. The van der Waals surface area contributed by atoms with Gasteiger partial charge >= 0.3 is 17.9 Å². The van der Waals surface area contributed by atoms with E-state index in [0.717, 1.165) is 19.3 Å². The van der Waals surface area contributed by atoms with Crippen LogP contribution in [0.1, 0.15) is 39.0 Å². The Hall–Kier alpha value is -1.85. The Balaban J connectivity index is 3.83. The number of hydrogen-bond donors (Lipinski definition) is 2. The Morgan fingerprint density at radius 1 is 1.11 bits per heavy atom. The topological polar surface area (TPSA) is 101 Å². The van der Waals surface area contributed by atoms with E-state index in [4.69, 9.17) is 14.9 Å². The van der Waals surface area contributed by atoms with Crippen LogP contribution >= 0.6 is 0 Å². The van der Waals surface area contributed by atoms with Gasteiger partial charge in [0, 0.05) is 12.5 Å². The van der Waals surface area contributed by atoms with Crippen LogP contribution in [0.15, 0.2) is 12.2 Å². The minimum Gasteiger partial charge on any atom is -0.481 e. The molecule has 1 atom stereocenters. The van der Waals surface area contributed by atoms with E-state index in [0.29, 0.717) is 13.0 Å².